The van der Waals surface area contributed by atoms with Crippen molar-refractivity contribution in [1.29, 1.82) is 0 Å². The van der Waals surface area contributed by atoms with Gasteiger partial charge in [0.1, 0.15) is 16.9 Å². The molecule has 120 valence electrons. The highest BCUT2D eigenvalue weighted by atomic mass is 32.1. The summed E-state index contributed by atoms with van der Waals surface area (Å²) >= 11 is 1.78. The first-order valence-corrected chi connectivity index (χ1v) is 8.96. The van der Waals surface area contributed by atoms with E-state index in [1.807, 2.05) is 12.1 Å². The van der Waals surface area contributed by atoms with E-state index < -0.39 is 0 Å². The Morgan fingerprint density at radius 1 is 1.29 bits per heavy atom. The number of hydrogen-bond acceptors (Lipinski definition) is 5. The second-order valence-corrected chi connectivity index (χ2v) is 7.58. The number of aryl methyl sites for hydroxylation is 1. The molecule has 0 radical (unpaired) electrons. The molecule has 0 amide bonds. The van der Waals surface area contributed by atoms with E-state index in [1.165, 1.54) is 16.9 Å². The van der Waals surface area contributed by atoms with E-state index >= 15 is 0 Å². The normalized spacial score (nSPS) is 17.5. The Morgan fingerprint density at radius 3 is 3.04 bits per heavy atom. The molecule has 0 saturated carbocycles. The van der Waals surface area contributed by atoms with Crippen molar-refractivity contribution in [1.82, 2.24) is 19.6 Å². The molecule has 1 N–H and O–H groups in total. The molecule has 0 spiro atoms. The highest BCUT2D eigenvalue weighted by molar-refractivity contribution is 7.19. The Morgan fingerprint density at radius 2 is 2.17 bits per heavy atom. The number of phenolic OH excluding ortho intramolecular Hbond substituents is 1. The topological polar surface area (TPSA) is 63.3 Å². The van der Waals surface area contributed by atoms with Gasteiger partial charge in [-0.3, -0.25) is 0 Å². The third kappa shape index (κ3) is 1.96. The van der Waals surface area contributed by atoms with Gasteiger partial charge in [-0.25, -0.2) is 14.5 Å². The van der Waals surface area contributed by atoms with Crippen LogP contribution < -0.4 is 0 Å². The molecule has 4 aromatic rings. The highest BCUT2D eigenvalue weighted by Crippen LogP contribution is 2.39. The first kappa shape index (κ1) is 13.9. The minimum atomic E-state index is 0.193. The Hall–Kier alpha value is -2.47. The standard InChI is InChI=1S/C18H16N4OS/c1-10-6-7-12-14(8-10)24-18-15(12)17-20-16(21-22(17)9-19-18)11-4-2-3-5-13(11)23/h2-5,9-10,23H,6-8H2,1H3/t10-/m1/s1. The fourth-order valence-electron chi connectivity index (χ4n) is 3.52. The molecule has 0 aliphatic heterocycles. The number of benzene rings is 1. The number of thiophene rings is 1. The number of para-hydroxylation sites is 1. The van der Waals surface area contributed by atoms with Crippen LogP contribution in [0.2, 0.25) is 0 Å². The maximum Gasteiger partial charge on any atom is 0.185 e. The van der Waals surface area contributed by atoms with Crippen LogP contribution >= 0.6 is 11.3 Å². The summed E-state index contributed by atoms with van der Waals surface area (Å²) in [6.07, 6.45) is 5.14. The van der Waals surface area contributed by atoms with Gasteiger partial charge >= 0.3 is 0 Å². The lowest BCUT2D eigenvalue weighted by atomic mass is 9.89. The molecule has 5 nitrogen and oxygen atoms in total. The summed E-state index contributed by atoms with van der Waals surface area (Å²) in [5.74, 6) is 1.46. The largest absolute Gasteiger partial charge is 0.507 e. The zero-order chi connectivity index (χ0) is 16.3. The number of nitrogens with zero attached hydrogens (tertiary/aromatic N) is 4. The Labute approximate surface area is 142 Å². The first-order chi connectivity index (χ1) is 11.7. The van der Waals surface area contributed by atoms with Crippen LogP contribution in [0.5, 0.6) is 5.75 Å². The summed E-state index contributed by atoms with van der Waals surface area (Å²) in [6.45, 7) is 2.31. The molecule has 3 heterocycles. The first-order valence-electron chi connectivity index (χ1n) is 8.14. The van der Waals surface area contributed by atoms with Gasteiger partial charge in [0.25, 0.3) is 0 Å². The van der Waals surface area contributed by atoms with E-state index in [9.17, 15) is 5.11 Å². The van der Waals surface area contributed by atoms with Crippen molar-refractivity contribution in [2.75, 3.05) is 0 Å². The fourth-order valence-corrected chi connectivity index (χ4v) is 4.86. The van der Waals surface area contributed by atoms with E-state index in [0.717, 1.165) is 34.6 Å². The van der Waals surface area contributed by atoms with Crippen LogP contribution in [-0.4, -0.2) is 24.7 Å². The maximum absolute atomic E-state index is 10.1. The van der Waals surface area contributed by atoms with Crippen molar-refractivity contribution in [2.45, 2.75) is 26.2 Å². The van der Waals surface area contributed by atoms with Crippen LogP contribution in [0.25, 0.3) is 27.3 Å². The van der Waals surface area contributed by atoms with Gasteiger partial charge in [-0.2, -0.15) is 0 Å². The van der Waals surface area contributed by atoms with Gasteiger partial charge in [-0.1, -0.05) is 19.1 Å². The smallest absolute Gasteiger partial charge is 0.185 e. The molecule has 3 aromatic heterocycles. The predicted octanol–water partition coefficient (Wildman–Crippen LogP) is 3.84. The molecule has 1 aromatic carbocycles. The molecular formula is C18H16N4OS. The van der Waals surface area contributed by atoms with Crippen molar-refractivity contribution in [3.8, 4) is 17.1 Å². The summed E-state index contributed by atoms with van der Waals surface area (Å²) in [5.41, 5.74) is 2.87. The minimum absolute atomic E-state index is 0.193. The summed E-state index contributed by atoms with van der Waals surface area (Å²) in [5, 5.41) is 15.7. The number of phenols is 1. The van der Waals surface area contributed by atoms with E-state index in [4.69, 9.17) is 4.98 Å². The van der Waals surface area contributed by atoms with Crippen LogP contribution in [-0.2, 0) is 12.8 Å². The van der Waals surface area contributed by atoms with E-state index in [1.54, 1.807) is 34.3 Å². The predicted molar refractivity (Wildman–Crippen MR) is 94.5 cm³/mol. The van der Waals surface area contributed by atoms with Crippen LogP contribution in [0.15, 0.2) is 30.6 Å². The SMILES string of the molecule is C[C@@H]1CCc2c(sc3ncn4nc(-c5ccccc5O)nc4c23)C1. The van der Waals surface area contributed by atoms with Crippen molar-refractivity contribution >= 4 is 27.2 Å². The molecule has 5 rings (SSSR count). The average molecular weight is 336 g/mol. The molecule has 0 fully saturated rings. The van der Waals surface area contributed by atoms with Crippen molar-refractivity contribution in [3.63, 3.8) is 0 Å². The van der Waals surface area contributed by atoms with E-state index in [0.29, 0.717) is 11.4 Å². The zero-order valence-corrected chi connectivity index (χ0v) is 14.0. The van der Waals surface area contributed by atoms with Crippen LogP contribution in [0, 0.1) is 5.92 Å². The average Bonchev–Trinajstić information content (AvgIpc) is 3.14. The van der Waals surface area contributed by atoms with Gasteiger partial charge in [-0.05, 0) is 42.9 Å². The summed E-state index contributed by atoms with van der Waals surface area (Å²) in [6, 6.07) is 7.16. The van der Waals surface area contributed by atoms with Gasteiger partial charge < -0.3 is 5.11 Å². The van der Waals surface area contributed by atoms with Gasteiger partial charge in [0.2, 0.25) is 0 Å². The lowest BCUT2D eigenvalue weighted by Gasteiger charge is -2.17. The van der Waals surface area contributed by atoms with Crippen molar-refractivity contribution < 1.29 is 5.11 Å². The molecule has 1 aliphatic rings. The van der Waals surface area contributed by atoms with E-state index in [2.05, 4.69) is 17.0 Å². The summed E-state index contributed by atoms with van der Waals surface area (Å²) < 4.78 is 1.73. The molecule has 1 aliphatic carbocycles. The van der Waals surface area contributed by atoms with Crippen LogP contribution in [0.3, 0.4) is 0 Å². The van der Waals surface area contributed by atoms with Gasteiger partial charge in [-0.15, -0.1) is 16.4 Å². The van der Waals surface area contributed by atoms with Gasteiger partial charge in [0, 0.05) is 4.88 Å². The monoisotopic (exact) mass is 336 g/mol. The third-order valence-corrected chi connectivity index (χ3v) is 5.94. The van der Waals surface area contributed by atoms with Gasteiger partial charge in [0.05, 0.1) is 10.9 Å². The third-order valence-electron chi connectivity index (χ3n) is 4.78. The molecule has 6 heteroatoms. The Balaban J connectivity index is 1.78. The maximum atomic E-state index is 10.1. The molecule has 0 bridgehead atoms. The number of rotatable bonds is 1. The fraction of sp³-hybridized carbons (Fsp3) is 0.278. The number of hydrogen-bond donors (Lipinski definition) is 1. The summed E-state index contributed by atoms with van der Waals surface area (Å²) in [7, 11) is 0. The van der Waals surface area contributed by atoms with Gasteiger partial charge in [0.15, 0.2) is 11.5 Å². The molecular weight excluding hydrogens is 320 g/mol. The Kier molecular flexibility index (Phi) is 2.91. The number of fused-ring (bicyclic) bond motifs is 5. The molecule has 1 atom stereocenters. The quantitative estimate of drug-likeness (QED) is 0.574. The van der Waals surface area contributed by atoms with Crippen LogP contribution in [0.1, 0.15) is 23.8 Å². The highest BCUT2D eigenvalue weighted by Gasteiger charge is 2.24. The van der Waals surface area contributed by atoms with Crippen molar-refractivity contribution in [2.24, 2.45) is 5.92 Å². The lowest BCUT2D eigenvalue weighted by Crippen LogP contribution is -2.08. The van der Waals surface area contributed by atoms with Crippen molar-refractivity contribution in [3.05, 3.63) is 41.0 Å². The number of aromatic hydroxyl groups is 1. The second kappa shape index (κ2) is 5.01. The minimum Gasteiger partial charge on any atom is -0.507 e. The second-order valence-electron chi connectivity index (χ2n) is 6.50. The molecule has 0 unspecified atom stereocenters. The molecule has 24 heavy (non-hydrogen) atoms. The number of aromatic nitrogens is 4. The summed E-state index contributed by atoms with van der Waals surface area (Å²) in [4.78, 5) is 11.8. The molecule has 0 saturated heterocycles. The Bertz CT molecular complexity index is 1080. The zero-order valence-electron chi connectivity index (χ0n) is 13.2. The van der Waals surface area contributed by atoms with E-state index in [-0.39, 0.29) is 5.75 Å². The lowest BCUT2D eigenvalue weighted by molar-refractivity contribution is 0.477. The van der Waals surface area contributed by atoms with Crippen LogP contribution in [0.4, 0.5) is 0 Å².